The highest BCUT2D eigenvalue weighted by molar-refractivity contribution is 5.68. The fraction of sp³-hybridized carbons (Fsp3) is 0.833. The van der Waals surface area contributed by atoms with Crippen molar-refractivity contribution in [2.24, 2.45) is 5.11 Å². The summed E-state index contributed by atoms with van der Waals surface area (Å²) in [6, 6.07) is 0. The third kappa shape index (κ3) is 13.8. The van der Waals surface area contributed by atoms with Crippen LogP contribution in [0, 0.1) is 0 Å². The minimum atomic E-state index is -1.23. The molecule has 0 aromatic rings. The maximum Gasteiger partial charge on any atom is 0.303 e. The van der Waals surface area contributed by atoms with Crippen LogP contribution in [0.15, 0.2) is 5.11 Å². The molecule has 0 aromatic heterocycles. The van der Waals surface area contributed by atoms with Crippen LogP contribution < -0.4 is 0 Å². The molecule has 5 atom stereocenters. The van der Waals surface area contributed by atoms with Crippen molar-refractivity contribution in [3.8, 4) is 0 Å². The molecule has 1 saturated heterocycles. The maximum atomic E-state index is 11.8. The number of carbonyl (C=O) groups excluding carboxylic acids is 4. The van der Waals surface area contributed by atoms with Crippen LogP contribution in [0.3, 0.4) is 0 Å². The highest BCUT2D eigenvalue weighted by Gasteiger charge is 2.52. The average Bonchev–Trinajstić information content (AvgIpc) is 2.81. The predicted octanol–water partition coefficient (Wildman–Crippen LogP) is 3.52. The molecule has 210 valence electrons. The summed E-state index contributed by atoms with van der Waals surface area (Å²) in [5, 5.41) is 3.52. The smallest absolute Gasteiger partial charge is 0.303 e. The van der Waals surface area contributed by atoms with Gasteiger partial charge in [-0.1, -0.05) is 43.6 Å². The van der Waals surface area contributed by atoms with Crippen LogP contribution in [-0.4, -0.2) is 74.3 Å². The third-order valence-electron chi connectivity index (χ3n) is 5.45. The zero-order chi connectivity index (χ0) is 27.6. The Kier molecular flexibility index (Phi) is 16.0. The topological polar surface area (TPSA) is 172 Å². The molecule has 0 aliphatic carbocycles. The van der Waals surface area contributed by atoms with Gasteiger partial charge in [0.1, 0.15) is 12.7 Å². The van der Waals surface area contributed by atoms with E-state index < -0.39 is 54.6 Å². The molecule has 0 unspecified atom stereocenters. The van der Waals surface area contributed by atoms with E-state index in [0.717, 1.165) is 44.9 Å². The second kappa shape index (κ2) is 18.4. The van der Waals surface area contributed by atoms with Gasteiger partial charge in [0.2, 0.25) is 0 Å². The number of rotatable bonds is 17. The number of hydrogen-bond donors (Lipinski definition) is 0. The molecule has 0 radical (unpaired) electrons. The van der Waals surface area contributed by atoms with Crippen LogP contribution in [0.1, 0.15) is 79.1 Å². The molecule has 1 rings (SSSR count). The second-order valence-electron chi connectivity index (χ2n) is 8.72. The van der Waals surface area contributed by atoms with Gasteiger partial charge in [0, 0.05) is 45.8 Å². The Labute approximate surface area is 217 Å². The second-order valence-corrected chi connectivity index (χ2v) is 8.72. The van der Waals surface area contributed by atoms with Crippen LogP contribution in [0.4, 0.5) is 0 Å². The molecular weight excluding hydrogens is 490 g/mol. The molecule has 1 fully saturated rings. The molecule has 0 saturated carbocycles. The van der Waals surface area contributed by atoms with E-state index >= 15 is 0 Å². The van der Waals surface area contributed by atoms with Gasteiger partial charge in [-0.3, -0.25) is 19.2 Å². The number of hydrogen-bond acceptors (Lipinski definition) is 11. The van der Waals surface area contributed by atoms with Crippen molar-refractivity contribution >= 4 is 23.9 Å². The average molecular weight is 530 g/mol. The SMILES string of the molecule is CC(=O)OC[C@H]1O[C@H](OCCCCCCCCCCN=[N+]=[N-])[C@@H](OC(C)=O)[C@@H](OC(C)=O)[C@@H]1OC(C)=O. The van der Waals surface area contributed by atoms with Gasteiger partial charge >= 0.3 is 23.9 Å². The van der Waals surface area contributed by atoms with Crippen molar-refractivity contribution in [3.63, 3.8) is 0 Å². The highest BCUT2D eigenvalue weighted by Crippen LogP contribution is 2.30. The summed E-state index contributed by atoms with van der Waals surface area (Å²) in [5.41, 5.74) is 8.26. The highest BCUT2D eigenvalue weighted by atomic mass is 16.7. The van der Waals surface area contributed by atoms with Crippen molar-refractivity contribution in [3.05, 3.63) is 10.4 Å². The molecule has 13 heteroatoms. The zero-order valence-corrected chi connectivity index (χ0v) is 22.1. The van der Waals surface area contributed by atoms with Gasteiger partial charge in [-0.15, -0.1) is 0 Å². The number of esters is 4. The van der Waals surface area contributed by atoms with E-state index in [1.54, 1.807) is 0 Å². The monoisotopic (exact) mass is 529 g/mol. The van der Waals surface area contributed by atoms with Crippen molar-refractivity contribution < 1.29 is 47.6 Å². The summed E-state index contributed by atoms with van der Waals surface area (Å²) in [6.45, 7) is 5.26. The molecule has 0 spiro atoms. The third-order valence-corrected chi connectivity index (χ3v) is 5.45. The first-order chi connectivity index (χ1) is 17.6. The lowest BCUT2D eigenvalue weighted by molar-refractivity contribution is -0.308. The van der Waals surface area contributed by atoms with E-state index in [1.165, 1.54) is 27.7 Å². The lowest BCUT2D eigenvalue weighted by atomic mass is 9.98. The summed E-state index contributed by atoms with van der Waals surface area (Å²) in [4.78, 5) is 49.5. The number of ether oxygens (including phenoxy) is 6. The summed E-state index contributed by atoms with van der Waals surface area (Å²) < 4.78 is 32.9. The minimum absolute atomic E-state index is 0.278. The summed E-state index contributed by atoms with van der Waals surface area (Å²) in [6.07, 6.45) is 2.01. The van der Waals surface area contributed by atoms with Crippen LogP contribution >= 0.6 is 0 Å². The molecule has 1 aliphatic rings. The first-order valence-corrected chi connectivity index (χ1v) is 12.6. The summed E-state index contributed by atoms with van der Waals surface area (Å²) >= 11 is 0. The Morgan fingerprint density at radius 1 is 0.730 bits per heavy atom. The molecular formula is C24H39N3O10. The Balaban J connectivity index is 2.73. The van der Waals surface area contributed by atoms with Crippen LogP contribution in [-0.2, 0) is 47.6 Å². The Bertz CT molecular complexity index is 787. The predicted molar refractivity (Wildman–Crippen MR) is 129 cm³/mol. The van der Waals surface area contributed by atoms with E-state index in [-0.39, 0.29) is 13.2 Å². The molecule has 0 N–H and O–H groups in total. The molecule has 1 aliphatic heterocycles. The van der Waals surface area contributed by atoms with Gasteiger partial charge in [0.15, 0.2) is 24.6 Å². The van der Waals surface area contributed by atoms with E-state index in [1.807, 2.05) is 0 Å². The molecule has 0 aromatic carbocycles. The van der Waals surface area contributed by atoms with Crippen molar-refractivity contribution in [1.82, 2.24) is 0 Å². The lowest BCUT2D eigenvalue weighted by Crippen LogP contribution is -2.63. The first-order valence-electron chi connectivity index (χ1n) is 12.6. The number of unbranched alkanes of at least 4 members (excludes halogenated alkanes) is 7. The van der Waals surface area contributed by atoms with E-state index in [9.17, 15) is 19.2 Å². The Morgan fingerprint density at radius 2 is 1.24 bits per heavy atom. The van der Waals surface area contributed by atoms with Gasteiger partial charge in [0.25, 0.3) is 0 Å². The minimum Gasteiger partial charge on any atom is -0.463 e. The van der Waals surface area contributed by atoms with Crippen LogP contribution in [0.25, 0.3) is 10.4 Å². The molecule has 0 bridgehead atoms. The summed E-state index contributed by atoms with van der Waals surface area (Å²) in [7, 11) is 0. The van der Waals surface area contributed by atoms with Gasteiger partial charge < -0.3 is 28.4 Å². The Morgan fingerprint density at radius 3 is 1.78 bits per heavy atom. The van der Waals surface area contributed by atoms with Crippen molar-refractivity contribution in [2.75, 3.05) is 19.8 Å². The van der Waals surface area contributed by atoms with Gasteiger partial charge in [-0.2, -0.15) is 0 Å². The fourth-order valence-corrected chi connectivity index (χ4v) is 3.91. The van der Waals surface area contributed by atoms with E-state index in [4.69, 9.17) is 34.0 Å². The first kappa shape index (κ1) is 32.1. The van der Waals surface area contributed by atoms with Crippen molar-refractivity contribution in [1.29, 1.82) is 0 Å². The summed E-state index contributed by atoms with van der Waals surface area (Å²) in [5.74, 6) is -2.62. The number of nitrogens with zero attached hydrogens (tertiary/aromatic N) is 3. The van der Waals surface area contributed by atoms with Gasteiger partial charge in [-0.25, -0.2) is 0 Å². The molecule has 13 nitrogen and oxygen atoms in total. The lowest BCUT2D eigenvalue weighted by Gasteiger charge is -2.44. The quantitative estimate of drug-likeness (QED) is 0.0677. The number of carbonyl (C=O) groups is 4. The number of azide groups is 1. The van der Waals surface area contributed by atoms with Gasteiger partial charge in [-0.05, 0) is 18.4 Å². The van der Waals surface area contributed by atoms with E-state index in [0.29, 0.717) is 13.0 Å². The molecule has 37 heavy (non-hydrogen) atoms. The zero-order valence-electron chi connectivity index (χ0n) is 22.1. The maximum absolute atomic E-state index is 11.8. The normalized spacial score (nSPS) is 22.9. The van der Waals surface area contributed by atoms with E-state index in [2.05, 4.69) is 10.0 Å². The van der Waals surface area contributed by atoms with Gasteiger partial charge in [0.05, 0.1) is 0 Å². The van der Waals surface area contributed by atoms with Crippen LogP contribution in [0.5, 0.6) is 0 Å². The standard InChI is InChI=1S/C24H39N3O10/c1-16(28)33-15-20-21(34-17(2)29)22(35-18(3)30)23(36-19(4)31)24(37-20)32-14-12-10-8-6-5-7-9-11-13-26-27-25/h20-24H,5-15H2,1-4H3/t20-,21-,22+,23+,24+/m1/s1. The molecule has 0 amide bonds. The van der Waals surface area contributed by atoms with Crippen LogP contribution in [0.2, 0.25) is 0 Å². The fourth-order valence-electron chi connectivity index (χ4n) is 3.91. The van der Waals surface area contributed by atoms with Crippen molar-refractivity contribution in [2.45, 2.75) is 110 Å². The Hall–Kier alpha value is -2.89. The largest absolute Gasteiger partial charge is 0.463 e. The molecule has 1 heterocycles.